The molecule has 1 atom stereocenters. The van der Waals surface area contributed by atoms with Crippen molar-refractivity contribution in [3.05, 3.63) is 24.5 Å². The van der Waals surface area contributed by atoms with Gasteiger partial charge in [-0.1, -0.05) is 13.3 Å². The van der Waals surface area contributed by atoms with Crippen LogP contribution in [0, 0.1) is 0 Å². The monoisotopic (exact) mass is 180 g/mol. The number of pyridine rings is 1. The van der Waals surface area contributed by atoms with Gasteiger partial charge in [-0.2, -0.15) is 0 Å². The highest BCUT2D eigenvalue weighted by Gasteiger charge is 2.06. The van der Waals surface area contributed by atoms with E-state index in [1.165, 1.54) is 0 Å². The van der Waals surface area contributed by atoms with E-state index < -0.39 is 0 Å². The van der Waals surface area contributed by atoms with Gasteiger partial charge in [0.15, 0.2) is 0 Å². The fraction of sp³-hybridized carbons (Fsp3) is 0.500. The van der Waals surface area contributed by atoms with Crippen molar-refractivity contribution in [1.82, 2.24) is 4.98 Å². The third-order valence-corrected chi connectivity index (χ3v) is 1.81. The van der Waals surface area contributed by atoms with E-state index in [0.29, 0.717) is 6.54 Å². The predicted molar refractivity (Wildman–Crippen MR) is 52.6 cm³/mol. The molecule has 13 heavy (non-hydrogen) atoms. The third-order valence-electron chi connectivity index (χ3n) is 1.81. The van der Waals surface area contributed by atoms with E-state index >= 15 is 0 Å². The van der Waals surface area contributed by atoms with Gasteiger partial charge in [-0.15, -0.1) is 0 Å². The minimum absolute atomic E-state index is 0.120. The first-order valence-electron chi connectivity index (χ1n) is 4.63. The van der Waals surface area contributed by atoms with Gasteiger partial charge in [-0.3, -0.25) is 4.98 Å². The lowest BCUT2D eigenvalue weighted by Crippen LogP contribution is -2.26. The molecule has 0 aromatic carbocycles. The average molecular weight is 180 g/mol. The molecule has 72 valence electrons. The van der Waals surface area contributed by atoms with Crippen molar-refractivity contribution in [1.29, 1.82) is 0 Å². The summed E-state index contributed by atoms with van der Waals surface area (Å²) in [5, 5.41) is 0. The lowest BCUT2D eigenvalue weighted by Gasteiger charge is -2.15. The zero-order valence-corrected chi connectivity index (χ0v) is 7.94. The Morgan fingerprint density at radius 2 is 2.46 bits per heavy atom. The van der Waals surface area contributed by atoms with Crippen LogP contribution in [0.15, 0.2) is 24.5 Å². The van der Waals surface area contributed by atoms with Crippen LogP contribution in [0.25, 0.3) is 0 Å². The Hall–Kier alpha value is -1.09. The van der Waals surface area contributed by atoms with Crippen molar-refractivity contribution >= 4 is 0 Å². The Morgan fingerprint density at radius 1 is 1.62 bits per heavy atom. The van der Waals surface area contributed by atoms with Gasteiger partial charge in [0.25, 0.3) is 0 Å². The Labute approximate surface area is 78.9 Å². The van der Waals surface area contributed by atoms with Crippen LogP contribution < -0.4 is 10.5 Å². The normalized spacial score (nSPS) is 12.5. The fourth-order valence-electron chi connectivity index (χ4n) is 1.16. The number of nitrogens with zero attached hydrogens (tertiary/aromatic N) is 1. The molecule has 0 fully saturated rings. The summed E-state index contributed by atoms with van der Waals surface area (Å²) in [5.74, 6) is 0.798. The van der Waals surface area contributed by atoms with Gasteiger partial charge in [0.2, 0.25) is 0 Å². The molecule has 0 aliphatic rings. The summed E-state index contributed by atoms with van der Waals surface area (Å²) >= 11 is 0. The number of hydrogen-bond donors (Lipinski definition) is 1. The van der Waals surface area contributed by atoms with Crippen molar-refractivity contribution in [3.8, 4) is 5.75 Å². The maximum absolute atomic E-state index is 5.62. The highest BCUT2D eigenvalue weighted by Crippen LogP contribution is 2.11. The van der Waals surface area contributed by atoms with Crippen molar-refractivity contribution < 1.29 is 4.74 Å². The Balaban J connectivity index is 2.46. The summed E-state index contributed by atoms with van der Waals surface area (Å²) in [7, 11) is 0. The second kappa shape index (κ2) is 5.54. The van der Waals surface area contributed by atoms with E-state index in [1.807, 2.05) is 12.1 Å². The minimum Gasteiger partial charge on any atom is -0.488 e. The molecule has 0 saturated carbocycles. The first-order chi connectivity index (χ1) is 6.36. The van der Waals surface area contributed by atoms with E-state index in [0.717, 1.165) is 18.6 Å². The van der Waals surface area contributed by atoms with Gasteiger partial charge in [-0.25, -0.2) is 0 Å². The summed E-state index contributed by atoms with van der Waals surface area (Å²) in [6.07, 6.45) is 5.63. The fourth-order valence-corrected chi connectivity index (χ4v) is 1.16. The van der Waals surface area contributed by atoms with Crippen LogP contribution in [0.1, 0.15) is 19.8 Å². The van der Waals surface area contributed by atoms with Gasteiger partial charge in [0.05, 0.1) is 6.20 Å². The van der Waals surface area contributed by atoms with Gasteiger partial charge in [0, 0.05) is 12.7 Å². The maximum Gasteiger partial charge on any atom is 0.138 e. The van der Waals surface area contributed by atoms with E-state index in [-0.39, 0.29) is 6.10 Å². The average Bonchev–Trinajstić information content (AvgIpc) is 2.19. The van der Waals surface area contributed by atoms with Crippen LogP contribution in [0.3, 0.4) is 0 Å². The Bertz CT molecular complexity index is 226. The SMILES string of the molecule is CCCC(CN)Oc1cccnc1. The number of rotatable bonds is 5. The second-order valence-electron chi connectivity index (χ2n) is 2.95. The van der Waals surface area contributed by atoms with Crippen molar-refractivity contribution in [2.45, 2.75) is 25.9 Å². The summed E-state index contributed by atoms with van der Waals surface area (Å²) in [6, 6.07) is 3.75. The lowest BCUT2D eigenvalue weighted by atomic mass is 10.2. The summed E-state index contributed by atoms with van der Waals surface area (Å²) in [6.45, 7) is 2.68. The largest absolute Gasteiger partial charge is 0.488 e. The van der Waals surface area contributed by atoms with Crippen LogP contribution in [-0.2, 0) is 0 Å². The summed E-state index contributed by atoms with van der Waals surface area (Å²) in [5.41, 5.74) is 5.56. The molecular formula is C10H16N2O. The number of ether oxygens (including phenoxy) is 1. The molecule has 0 radical (unpaired) electrons. The molecule has 0 aliphatic carbocycles. The van der Waals surface area contributed by atoms with Gasteiger partial charge in [-0.05, 0) is 18.6 Å². The highest BCUT2D eigenvalue weighted by atomic mass is 16.5. The van der Waals surface area contributed by atoms with E-state index in [4.69, 9.17) is 10.5 Å². The standard InChI is InChI=1S/C10H16N2O/c1-2-4-9(7-11)13-10-5-3-6-12-8-10/h3,5-6,8-9H,2,4,7,11H2,1H3. The second-order valence-corrected chi connectivity index (χ2v) is 2.95. The summed E-state index contributed by atoms with van der Waals surface area (Å²) in [4.78, 5) is 3.97. The third kappa shape index (κ3) is 3.42. The molecule has 1 aromatic heterocycles. The molecule has 0 bridgehead atoms. The molecule has 1 aromatic rings. The molecule has 3 heteroatoms. The first-order valence-corrected chi connectivity index (χ1v) is 4.63. The quantitative estimate of drug-likeness (QED) is 0.748. The van der Waals surface area contributed by atoms with E-state index in [2.05, 4.69) is 11.9 Å². The number of aromatic nitrogens is 1. The number of nitrogens with two attached hydrogens (primary N) is 1. The Morgan fingerprint density at radius 3 is 3.00 bits per heavy atom. The highest BCUT2D eigenvalue weighted by molar-refractivity contribution is 5.15. The van der Waals surface area contributed by atoms with Gasteiger partial charge in [0.1, 0.15) is 11.9 Å². The van der Waals surface area contributed by atoms with Crippen LogP contribution in [0.5, 0.6) is 5.75 Å². The molecule has 0 saturated heterocycles. The van der Waals surface area contributed by atoms with Gasteiger partial charge >= 0.3 is 0 Å². The Kier molecular flexibility index (Phi) is 4.26. The molecule has 0 amide bonds. The molecule has 2 N–H and O–H groups in total. The molecule has 0 spiro atoms. The van der Waals surface area contributed by atoms with Crippen molar-refractivity contribution in [2.75, 3.05) is 6.54 Å². The van der Waals surface area contributed by atoms with Crippen LogP contribution in [0.2, 0.25) is 0 Å². The van der Waals surface area contributed by atoms with Crippen LogP contribution in [0.4, 0.5) is 0 Å². The van der Waals surface area contributed by atoms with Crippen molar-refractivity contribution in [3.63, 3.8) is 0 Å². The maximum atomic E-state index is 5.62. The van der Waals surface area contributed by atoms with Crippen molar-refractivity contribution in [2.24, 2.45) is 5.73 Å². The van der Waals surface area contributed by atoms with Crippen LogP contribution in [-0.4, -0.2) is 17.6 Å². The zero-order chi connectivity index (χ0) is 9.52. The van der Waals surface area contributed by atoms with E-state index in [1.54, 1.807) is 12.4 Å². The molecule has 1 unspecified atom stereocenters. The minimum atomic E-state index is 0.120. The van der Waals surface area contributed by atoms with Gasteiger partial charge < -0.3 is 10.5 Å². The smallest absolute Gasteiger partial charge is 0.138 e. The topological polar surface area (TPSA) is 48.1 Å². The summed E-state index contributed by atoms with van der Waals surface area (Å²) < 4.78 is 5.62. The molecule has 1 rings (SSSR count). The predicted octanol–water partition coefficient (Wildman–Crippen LogP) is 1.59. The molecule has 1 heterocycles. The number of hydrogen-bond acceptors (Lipinski definition) is 3. The van der Waals surface area contributed by atoms with Crippen LogP contribution >= 0.6 is 0 Å². The van der Waals surface area contributed by atoms with E-state index in [9.17, 15) is 0 Å². The zero-order valence-electron chi connectivity index (χ0n) is 7.94. The molecule has 0 aliphatic heterocycles. The lowest BCUT2D eigenvalue weighted by molar-refractivity contribution is 0.197. The molecular weight excluding hydrogens is 164 g/mol. The first kappa shape index (κ1) is 9.99. The molecule has 3 nitrogen and oxygen atoms in total.